The fraction of sp³-hybridized carbons (Fsp3) is 0.375. The summed E-state index contributed by atoms with van der Waals surface area (Å²) in [5, 5.41) is 14.9. The van der Waals surface area contributed by atoms with Gasteiger partial charge in [0.2, 0.25) is 0 Å². The van der Waals surface area contributed by atoms with Gasteiger partial charge >= 0.3 is 0 Å². The SMILES string of the molecule is Cc1cc(F)cc(Cc2ccc3[nH]nc(NC(=O)c4ccc(N5CCN(C)CC5)cc4NC4CCOCC4)c3c2)c1. The first-order valence-corrected chi connectivity index (χ1v) is 14.4. The summed E-state index contributed by atoms with van der Waals surface area (Å²) in [6.07, 6.45) is 2.38. The number of fused-ring (bicyclic) bond motifs is 1. The number of piperazine rings is 1. The molecule has 1 amide bonds. The van der Waals surface area contributed by atoms with Crippen LogP contribution in [0.4, 0.5) is 21.6 Å². The predicted molar refractivity (Wildman–Crippen MR) is 162 cm³/mol. The summed E-state index contributed by atoms with van der Waals surface area (Å²) >= 11 is 0. The molecule has 0 aliphatic carbocycles. The fourth-order valence-corrected chi connectivity index (χ4v) is 5.76. The van der Waals surface area contributed by atoms with Crippen LogP contribution in [0.1, 0.15) is 39.9 Å². The van der Waals surface area contributed by atoms with Crippen molar-refractivity contribution < 1.29 is 13.9 Å². The molecule has 2 saturated heterocycles. The number of nitrogens with one attached hydrogen (secondary N) is 3. The van der Waals surface area contributed by atoms with E-state index in [-0.39, 0.29) is 17.8 Å². The first kappa shape index (κ1) is 27.2. The lowest BCUT2D eigenvalue weighted by Crippen LogP contribution is -2.44. The number of rotatable bonds is 7. The molecule has 0 atom stereocenters. The maximum absolute atomic E-state index is 14.0. The Hall–Kier alpha value is -3.95. The minimum atomic E-state index is -0.235. The van der Waals surface area contributed by atoms with Crippen molar-refractivity contribution in [2.45, 2.75) is 32.2 Å². The summed E-state index contributed by atoms with van der Waals surface area (Å²) in [5.74, 6) is 0.0210. The molecule has 2 fully saturated rings. The number of H-pyrrole nitrogens is 1. The van der Waals surface area contributed by atoms with E-state index in [4.69, 9.17) is 4.74 Å². The van der Waals surface area contributed by atoms with Crippen LogP contribution in [0.25, 0.3) is 10.9 Å². The molecule has 3 N–H and O–H groups in total. The minimum Gasteiger partial charge on any atom is -0.381 e. The van der Waals surface area contributed by atoms with Crippen LogP contribution in [0.3, 0.4) is 0 Å². The van der Waals surface area contributed by atoms with Gasteiger partial charge in [-0.2, -0.15) is 5.10 Å². The molecule has 4 aromatic rings. The smallest absolute Gasteiger partial charge is 0.258 e. The van der Waals surface area contributed by atoms with Crippen LogP contribution in [0, 0.1) is 12.7 Å². The van der Waals surface area contributed by atoms with Crippen LogP contribution in [0.15, 0.2) is 54.6 Å². The largest absolute Gasteiger partial charge is 0.381 e. The molecule has 0 bridgehead atoms. The van der Waals surface area contributed by atoms with Crippen LogP contribution in [0.2, 0.25) is 0 Å². The van der Waals surface area contributed by atoms with Crippen molar-refractivity contribution >= 4 is 34.0 Å². The summed E-state index contributed by atoms with van der Waals surface area (Å²) < 4.78 is 19.5. The molecule has 3 heterocycles. The number of ether oxygens (including phenoxy) is 1. The quantitative estimate of drug-likeness (QED) is 0.290. The van der Waals surface area contributed by atoms with Crippen LogP contribution in [0.5, 0.6) is 0 Å². The third kappa shape index (κ3) is 6.36. The molecule has 2 aliphatic rings. The Labute approximate surface area is 239 Å². The lowest BCUT2D eigenvalue weighted by Gasteiger charge is -2.34. The van der Waals surface area contributed by atoms with Gasteiger partial charge in [-0.15, -0.1) is 0 Å². The highest BCUT2D eigenvalue weighted by Gasteiger charge is 2.22. The van der Waals surface area contributed by atoms with Crippen molar-refractivity contribution in [1.29, 1.82) is 0 Å². The number of nitrogens with zero attached hydrogens (tertiary/aromatic N) is 3. The highest BCUT2D eigenvalue weighted by Crippen LogP contribution is 2.29. The molecule has 0 radical (unpaired) electrons. The molecule has 0 saturated carbocycles. The van der Waals surface area contributed by atoms with Crippen LogP contribution in [-0.2, 0) is 11.2 Å². The second kappa shape index (κ2) is 11.9. The molecule has 41 heavy (non-hydrogen) atoms. The molecular weight excluding hydrogens is 519 g/mol. The van der Waals surface area contributed by atoms with Gasteiger partial charge in [0.1, 0.15) is 5.82 Å². The van der Waals surface area contributed by atoms with E-state index in [0.29, 0.717) is 31.0 Å². The van der Waals surface area contributed by atoms with Gasteiger partial charge in [-0.25, -0.2) is 4.39 Å². The number of aromatic nitrogens is 2. The van der Waals surface area contributed by atoms with E-state index in [1.54, 1.807) is 6.07 Å². The molecule has 1 aromatic heterocycles. The standard InChI is InChI=1S/C32H37FN6O2/c1-21-15-23(18-24(33)16-21)17-22-3-6-29-28(19-22)31(37-36-29)35-32(40)27-5-4-26(39-11-9-38(2)10-12-39)20-30(27)34-25-7-13-41-14-8-25/h3-6,15-16,18-20,25,34H,7-14,17H2,1-2H3,(H2,35,36,37,40). The van der Waals surface area contributed by atoms with Gasteiger partial charge in [0.15, 0.2) is 5.82 Å². The number of aryl methyl sites for hydroxylation is 1. The Bertz CT molecular complexity index is 1520. The molecule has 0 spiro atoms. The summed E-state index contributed by atoms with van der Waals surface area (Å²) in [5.41, 5.74) is 6.15. The third-order valence-corrected chi connectivity index (χ3v) is 8.07. The summed E-state index contributed by atoms with van der Waals surface area (Å²) in [6, 6.07) is 17.3. The Morgan fingerprint density at radius 3 is 2.61 bits per heavy atom. The lowest BCUT2D eigenvalue weighted by atomic mass is 10.0. The summed E-state index contributed by atoms with van der Waals surface area (Å²) in [7, 11) is 2.15. The number of carbonyl (C=O) groups excluding carboxylic acids is 1. The monoisotopic (exact) mass is 556 g/mol. The van der Waals surface area contributed by atoms with E-state index < -0.39 is 0 Å². The van der Waals surface area contributed by atoms with E-state index in [1.807, 2.05) is 43.3 Å². The maximum Gasteiger partial charge on any atom is 0.258 e. The molecule has 2 aliphatic heterocycles. The second-order valence-corrected chi connectivity index (χ2v) is 11.3. The first-order valence-electron chi connectivity index (χ1n) is 14.4. The number of likely N-dealkylation sites (N-methyl/N-ethyl adjacent to an activating group) is 1. The molecule has 6 rings (SSSR count). The zero-order valence-electron chi connectivity index (χ0n) is 23.7. The van der Waals surface area contributed by atoms with E-state index in [0.717, 1.165) is 78.0 Å². The predicted octanol–water partition coefficient (Wildman–Crippen LogP) is 5.20. The minimum absolute atomic E-state index is 0.218. The van der Waals surface area contributed by atoms with Gasteiger partial charge in [-0.05, 0) is 92.4 Å². The Morgan fingerprint density at radius 1 is 1.02 bits per heavy atom. The zero-order chi connectivity index (χ0) is 28.3. The summed E-state index contributed by atoms with van der Waals surface area (Å²) in [6.45, 7) is 7.26. The van der Waals surface area contributed by atoms with E-state index in [2.05, 4.69) is 43.7 Å². The van der Waals surface area contributed by atoms with Crippen LogP contribution >= 0.6 is 0 Å². The second-order valence-electron chi connectivity index (χ2n) is 11.3. The van der Waals surface area contributed by atoms with Crippen molar-refractivity contribution in [1.82, 2.24) is 15.1 Å². The first-order chi connectivity index (χ1) is 19.9. The number of hydrogen-bond donors (Lipinski definition) is 3. The van der Waals surface area contributed by atoms with Crippen molar-refractivity contribution in [2.24, 2.45) is 0 Å². The molecular formula is C32H37FN6O2. The van der Waals surface area contributed by atoms with E-state index in [9.17, 15) is 9.18 Å². The average Bonchev–Trinajstić information content (AvgIpc) is 3.35. The number of halogens is 1. The van der Waals surface area contributed by atoms with Gasteiger partial charge in [0.25, 0.3) is 5.91 Å². The third-order valence-electron chi connectivity index (χ3n) is 8.07. The molecule has 3 aromatic carbocycles. The zero-order valence-corrected chi connectivity index (χ0v) is 23.7. The van der Waals surface area contributed by atoms with Gasteiger partial charge in [0.05, 0.1) is 11.1 Å². The van der Waals surface area contributed by atoms with Crippen molar-refractivity contribution in [3.8, 4) is 0 Å². The number of anilines is 3. The van der Waals surface area contributed by atoms with Crippen molar-refractivity contribution in [3.63, 3.8) is 0 Å². The van der Waals surface area contributed by atoms with Gasteiger partial charge in [0, 0.05) is 62.2 Å². The normalized spacial score (nSPS) is 16.7. The number of amides is 1. The fourth-order valence-electron chi connectivity index (χ4n) is 5.76. The topological polar surface area (TPSA) is 85.5 Å². The average molecular weight is 557 g/mol. The Morgan fingerprint density at radius 2 is 1.83 bits per heavy atom. The van der Waals surface area contributed by atoms with E-state index >= 15 is 0 Å². The molecule has 8 nitrogen and oxygen atoms in total. The number of carbonyl (C=O) groups is 1. The van der Waals surface area contributed by atoms with Crippen molar-refractivity contribution in [3.05, 3.63) is 82.7 Å². The lowest BCUT2D eigenvalue weighted by molar-refractivity contribution is 0.0904. The number of aromatic amines is 1. The highest BCUT2D eigenvalue weighted by molar-refractivity contribution is 6.11. The molecule has 214 valence electrons. The van der Waals surface area contributed by atoms with Gasteiger partial charge in [-0.1, -0.05) is 12.1 Å². The Kier molecular flexibility index (Phi) is 7.89. The van der Waals surface area contributed by atoms with Crippen LogP contribution < -0.4 is 15.5 Å². The van der Waals surface area contributed by atoms with Crippen molar-refractivity contribution in [2.75, 3.05) is 62.0 Å². The van der Waals surface area contributed by atoms with Gasteiger partial charge in [-0.3, -0.25) is 9.89 Å². The highest BCUT2D eigenvalue weighted by atomic mass is 19.1. The number of benzene rings is 3. The van der Waals surface area contributed by atoms with Gasteiger partial charge < -0.3 is 25.2 Å². The molecule has 9 heteroatoms. The summed E-state index contributed by atoms with van der Waals surface area (Å²) in [4.78, 5) is 18.4. The number of hydrogen-bond acceptors (Lipinski definition) is 6. The molecule has 0 unspecified atom stereocenters. The van der Waals surface area contributed by atoms with E-state index in [1.165, 1.54) is 6.07 Å². The Balaban J connectivity index is 1.25. The maximum atomic E-state index is 14.0. The van der Waals surface area contributed by atoms with Crippen LogP contribution in [-0.4, -0.2) is 73.5 Å².